The Morgan fingerprint density at radius 1 is 1.00 bits per heavy atom. The van der Waals surface area contributed by atoms with Gasteiger partial charge in [-0.25, -0.2) is 13.1 Å². The first-order chi connectivity index (χ1) is 11.8. The van der Waals surface area contributed by atoms with Crippen LogP contribution in [0.1, 0.15) is 30.0 Å². The maximum absolute atomic E-state index is 12.1. The molecular weight excluding hydrogens is 336 g/mol. The van der Waals surface area contributed by atoms with Crippen LogP contribution in [0.25, 0.3) is 0 Å². The van der Waals surface area contributed by atoms with Crippen LogP contribution in [0.2, 0.25) is 0 Å². The summed E-state index contributed by atoms with van der Waals surface area (Å²) in [5, 5.41) is 2.90. The van der Waals surface area contributed by atoms with Crippen molar-refractivity contribution in [1.82, 2.24) is 4.72 Å². The first-order valence-corrected chi connectivity index (χ1v) is 9.75. The number of hydrogen-bond acceptors (Lipinski definition) is 3. The molecule has 0 saturated carbocycles. The van der Waals surface area contributed by atoms with Crippen LogP contribution in [0.5, 0.6) is 0 Å². The highest BCUT2D eigenvalue weighted by atomic mass is 32.2. The number of nitrogens with one attached hydrogen (secondary N) is 2. The Kier molecular flexibility index (Phi) is 6.33. The summed E-state index contributed by atoms with van der Waals surface area (Å²) in [6, 6.07) is 12.5. The lowest BCUT2D eigenvalue weighted by Crippen LogP contribution is -2.23. The zero-order chi connectivity index (χ0) is 18.4. The molecule has 0 bridgehead atoms. The van der Waals surface area contributed by atoms with Gasteiger partial charge in [0.1, 0.15) is 0 Å². The van der Waals surface area contributed by atoms with E-state index in [9.17, 15) is 13.2 Å². The zero-order valence-electron chi connectivity index (χ0n) is 14.8. The third-order valence-corrected chi connectivity index (χ3v) is 5.28. The fraction of sp³-hybridized carbons (Fsp3) is 0.316. The number of carbonyl (C=O) groups excluding carboxylic acids is 1. The summed E-state index contributed by atoms with van der Waals surface area (Å²) >= 11 is 0. The first kappa shape index (κ1) is 19.1. The van der Waals surface area contributed by atoms with Crippen LogP contribution in [0.3, 0.4) is 0 Å². The van der Waals surface area contributed by atoms with Gasteiger partial charge in [-0.05, 0) is 61.2 Å². The molecule has 0 aliphatic heterocycles. The average molecular weight is 360 g/mol. The zero-order valence-corrected chi connectivity index (χ0v) is 15.6. The van der Waals surface area contributed by atoms with Gasteiger partial charge < -0.3 is 5.32 Å². The number of aryl methyl sites for hydroxylation is 3. The van der Waals surface area contributed by atoms with Crippen molar-refractivity contribution in [2.45, 2.75) is 38.5 Å². The van der Waals surface area contributed by atoms with Crippen LogP contribution in [0, 0.1) is 13.8 Å². The third-order valence-electron chi connectivity index (χ3n) is 3.71. The second-order valence-corrected chi connectivity index (χ2v) is 7.84. The lowest BCUT2D eigenvalue weighted by molar-refractivity contribution is -0.116. The van der Waals surface area contributed by atoms with E-state index in [1.165, 1.54) is 0 Å². The van der Waals surface area contributed by atoms with E-state index in [1.807, 2.05) is 26.0 Å². The van der Waals surface area contributed by atoms with Crippen LogP contribution >= 0.6 is 0 Å². The van der Waals surface area contributed by atoms with Gasteiger partial charge in [0.2, 0.25) is 15.9 Å². The highest BCUT2D eigenvalue weighted by Crippen LogP contribution is 2.15. The molecule has 0 saturated heterocycles. The molecule has 0 radical (unpaired) electrons. The molecular formula is C19H24N2O3S. The summed E-state index contributed by atoms with van der Waals surface area (Å²) in [6.07, 6.45) is 0.893. The van der Waals surface area contributed by atoms with Gasteiger partial charge in [0.05, 0.1) is 4.90 Å². The van der Waals surface area contributed by atoms with Gasteiger partial charge in [-0.3, -0.25) is 4.79 Å². The van der Waals surface area contributed by atoms with Gasteiger partial charge in [0, 0.05) is 18.7 Å². The molecule has 0 heterocycles. The van der Waals surface area contributed by atoms with Gasteiger partial charge in [-0.2, -0.15) is 0 Å². The first-order valence-electron chi connectivity index (χ1n) is 8.27. The Balaban J connectivity index is 1.93. The van der Waals surface area contributed by atoms with Crippen LogP contribution in [0.15, 0.2) is 47.4 Å². The molecule has 2 aromatic rings. The molecule has 25 heavy (non-hydrogen) atoms. The Hall–Kier alpha value is -2.18. The van der Waals surface area contributed by atoms with Crippen molar-refractivity contribution in [2.24, 2.45) is 0 Å². The van der Waals surface area contributed by atoms with Crippen LogP contribution in [-0.4, -0.2) is 20.9 Å². The number of sulfonamides is 1. The van der Waals surface area contributed by atoms with Gasteiger partial charge in [0.15, 0.2) is 0 Å². The molecule has 0 aromatic heterocycles. The van der Waals surface area contributed by atoms with Crippen LogP contribution in [0.4, 0.5) is 5.69 Å². The quantitative estimate of drug-likeness (QED) is 0.796. The summed E-state index contributed by atoms with van der Waals surface area (Å²) in [5.41, 5.74) is 3.93. The molecule has 0 aliphatic carbocycles. The number of hydrogen-bond donors (Lipinski definition) is 2. The Morgan fingerprint density at radius 2 is 1.60 bits per heavy atom. The molecule has 134 valence electrons. The van der Waals surface area contributed by atoms with E-state index in [4.69, 9.17) is 0 Å². The summed E-state index contributed by atoms with van der Waals surface area (Å²) in [4.78, 5) is 12.3. The molecule has 0 atom stereocenters. The smallest absolute Gasteiger partial charge is 0.240 e. The van der Waals surface area contributed by atoms with E-state index in [0.717, 1.165) is 22.4 Å². The van der Waals surface area contributed by atoms with Gasteiger partial charge in [0.25, 0.3) is 0 Å². The summed E-state index contributed by atoms with van der Waals surface area (Å²) in [7, 11) is -3.44. The predicted octanol–water partition coefficient (Wildman–Crippen LogP) is 3.17. The lowest BCUT2D eigenvalue weighted by Gasteiger charge is -2.08. The fourth-order valence-corrected chi connectivity index (χ4v) is 3.68. The third kappa shape index (κ3) is 5.69. The maximum atomic E-state index is 12.1. The van der Waals surface area contributed by atoms with Crippen molar-refractivity contribution in [1.29, 1.82) is 0 Å². The molecule has 2 N–H and O–H groups in total. The molecule has 2 rings (SSSR count). The van der Waals surface area contributed by atoms with E-state index in [0.29, 0.717) is 19.4 Å². The number of benzene rings is 2. The van der Waals surface area contributed by atoms with E-state index in [1.54, 1.807) is 31.2 Å². The Labute approximate surface area is 149 Å². The summed E-state index contributed by atoms with van der Waals surface area (Å²) in [5.74, 6) is -0.0608. The van der Waals surface area contributed by atoms with Crippen molar-refractivity contribution < 1.29 is 13.2 Å². The van der Waals surface area contributed by atoms with Gasteiger partial charge >= 0.3 is 0 Å². The monoisotopic (exact) mass is 360 g/mol. The molecule has 0 spiro atoms. The highest BCUT2D eigenvalue weighted by Gasteiger charge is 2.12. The molecule has 6 heteroatoms. The van der Waals surface area contributed by atoms with E-state index in [2.05, 4.69) is 16.1 Å². The molecule has 0 fully saturated rings. The van der Waals surface area contributed by atoms with Crippen molar-refractivity contribution in [2.75, 3.05) is 11.9 Å². The van der Waals surface area contributed by atoms with E-state index >= 15 is 0 Å². The average Bonchev–Trinajstić information content (AvgIpc) is 2.52. The molecule has 0 aliphatic rings. The highest BCUT2D eigenvalue weighted by molar-refractivity contribution is 7.89. The second-order valence-electron chi connectivity index (χ2n) is 6.07. The summed E-state index contributed by atoms with van der Waals surface area (Å²) in [6.45, 7) is 6.07. The van der Waals surface area contributed by atoms with E-state index < -0.39 is 10.0 Å². The van der Waals surface area contributed by atoms with Crippen molar-refractivity contribution in [3.8, 4) is 0 Å². The van der Waals surface area contributed by atoms with Gasteiger partial charge in [-0.1, -0.05) is 25.1 Å². The minimum Gasteiger partial charge on any atom is -0.326 e. The van der Waals surface area contributed by atoms with Crippen molar-refractivity contribution in [3.05, 3.63) is 59.2 Å². The van der Waals surface area contributed by atoms with Crippen LogP contribution in [-0.2, 0) is 21.2 Å². The fourth-order valence-electron chi connectivity index (χ4n) is 2.64. The maximum Gasteiger partial charge on any atom is 0.240 e. The van der Waals surface area contributed by atoms with Crippen molar-refractivity contribution in [3.63, 3.8) is 0 Å². The standard InChI is InChI=1S/C19H24N2O3S/c1-4-20-25(23,24)18-8-5-16(6-9-18)7-10-19(22)21-17-12-14(2)11-15(3)13-17/h5-6,8-9,11-13,20H,4,7,10H2,1-3H3,(H,21,22). The van der Waals surface area contributed by atoms with E-state index in [-0.39, 0.29) is 10.8 Å². The topological polar surface area (TPSA) is 75.3 Å². The normalized spacial score (nSPS) is 11.3. The number of rotatable bonds is 7. The molecule has 5 nitrogen and oxygen atoms in total. The Morgan fingerprint density at radius 3 is 2.16 bits per heavy atom. The minimum absolute atomic E-state index is 0.0608. The SMILES string of the molecule is CCNS(=O)(=O)c1ccc(CCC(=O)Nc2cc(C)cc(C)c2)cc1. The largest absolute Gasteiger partial charge is 0.326 e. The van der Waals surface area contributed by atoms with Crippen molar-refractivity contribution >= 4 is 21.6 Å². The second kappa shape index (κ2) is 8.27. The van der Waals surface area contributed by atoms with Crippen LogP contribution < -0.4 is 10.0 Å². The number of carbonyl (C=O) groups is 1. The number of anilines is 1. The molecule has 2 aromatic carbocycles. The Bertz CT molecular complexity index is 823. The summed E-state index contributed by atoms with van der Waals surface area (Å²) < 4.78 is 26.2. The van der Waals surface area contributed by atoms with Gasteiger partial charge in [-0.15, -0.1) is 0 Å². The lowest BCUT2D eigenvalue weighted by atomic mass is 10.1. The number of amides is 1. The molecule has 0 unspecified atom stereocenters. The predicted molar refractivity (Wildman–Crippen MR) is 100 cm³/mol. The minimum atomic E-state index is -3.44. The molecule has 1 amide bonds.